The van der Waals surface area contributed by atoms with Gasteiger partial charge in [-0.3, -0.25) is 4.21 Å². The van der Waals surface area contributed by atoms with Crippen molar-refractivity contribution in [3.05, 3.63) is 59.2 Å². The van der Waals surface area contributed by atoms with Crippen molar-refractivity contribution in [1.29, 1.82) is 0 Å². The van der Waals surface area contributed by atoms with Crippen LogP contribution in [0.5, 0.6) is 0 Å². The summed E-state index contributed by atoms with van der Waals surface area (Å²) in [5.41, 5.74) is 10.4. The van der Waals surface area contributed by atoms with Gasteiger partial charge in [-0.05, 0) is 67.0 Å². The second-order valence-electron chi connectivity index (χ2n) is 5.83. The molecule has 0 bridgehead atoms. The predicted octanol–water partition coefficient (Wildman–Crippen LogP) is 3.80. The highest BCUT2D eigenvalue weighted by Gasteiger charge is 2.22. The lowest BCUT2D eigenvalue weighted by Crippen LogP contribution is -2.16. The molecule has 0 amide bonds. The fourth-order valence-electron chi connectivity index (χ4n) is 3.23. The molecule has 0 heterocycles. The summed E-state index contributed by atoms with van der Waals surface area (Å²) in [6, 6.07) is 14.3. The highest BCUT2D eigenvalue weighted by Crippen LogP contribution is 2.33. The van der Waals surface area contributed by atoms with Crippen molar-refractivity contribution in [2.24, 2.45) is 0 Å². The van der Waals surface area contributed by atoms with Crippen LogP contribution in [0.1, 0.15) is 35.4 Å². The Balaban J connectivity index is 1.83. The number of hydrogen-bond acceptors (Lipinski definition) is 2. The molecule has 3 heteroatoms. The van der Waals surface area contributed by atoms with E-state index >= 15 is 0 Å². The number of nitrogens with two attached hydrogens (primary N) is 1. The minimum absolute atomic E-state index is 0.410. The van der Waals surface area contributed by atoms with Crippen LogP contribution in [0.3, 0.4) is 0 Å². The van der Waals surface area contributed by atoms with Gasteiger partial charge in [-0.15, -0.1) is 0 Å². The minimum atomic E-state index is -0.964. The maximum absolute atomic E-state index is 12.7. The maximum atomic E-state index is 12.7. The Morgan fingerprint density at radius 1 is 1.24 bits per heavy atom. The van der Waals surface area contributed by atoms with Crippen LogP contribution in [0.25, 0.3) is 0 Å². The zero-order valence-corrected chi connectivity index (χ0v) is 13.2. The van der Waals surface area contributed by atoms with Crippen LogP contribution in [0.15, 0.2) is 47.4 Å². The zero-order chi connectivity index (χ0) is 14.8. The lowest BCUT2D eigenvalue weighted by molar-refractivity contribution is 0.588. The molecule has 0 fully saturated rings. The van der Waals surface area contributed by atoms with Crippen molar-refractivity contribution >= 4 is 16.5 Å². The highest BCUT2D eigenvalue weighted by molar-refractivity contribution is 7.85. The van der Waals surface area contributed by atoms with E-state index in [2.05, 4.69) is 24.3 Å². The van der Waals surface area contributed by atoms with Crippen LogP contribution < -0.4 is 5.73 Å². The molecule has 3 rings (SSSR count). The van der Waals surface area contributed by atoms with E-state index in [9.17, 15) is 4.21 Å². The van der Waals surface area contributed by atoms with Crippen molar-refractivity contribution in [3.8, 4) is 0 Å². The molecule has 2 aromatic rings. The standard InChI is InChI=1S/C18H21NOS/c1-13-11-16(19)9-10-18(13)21(20)12-15-7-4-6-14-5-2-3-8-17(14)15/h2-3,5,8-11,15H,4,6-7,12,19H2,1H3. The van der Waals surface area contributed by atoms with Gasteiger partial charge in [0.2, 0.25) is 0 Å². The molecule has 0 spiro atoms. The van der Waals surface area contributed by atoms with Crippen molar-refractivity contribution < 1.29 is 4.21 Å². The van der Waals surface area contributed by atoms with Crippen molar-refractivity contribution in [2.45, 2.75) is 37.0 Å². The Hall–Kier alpha value is -1.61. The molecule has 0 radical (unpaired) electrons. The second-order valence-corrected chi connectivity index (χ2v) is 7.29. The molecule has 0 saturated heterocycles. The minimum Gasteiger partial charge on any atom is -0.399 e. The van der Waals surface area contributed by atoms with E-state index in [-0.39, 0.29) is 0 Å². The molecule has 0 aromatic heterocycles. The molecule has 2 N–H and O–H groups in total. The fourth-order valence-corrected chi connectivity index (χ4v) is 4.76. The van der Waals surface area contributed by atoms with Crippen LogP contribution >= 0.6 is 0 Å². The first-order chi connectivity index (χ1) is 10.1. The third kappa shape index (κ3) is 3.03. The summed E-state index contributed by atoms with van der Waals surface area (Å²) in [6.07, 6.45) is 3.48. The van der Waals surface area contributed by atoms with Crippen LogP contribution in [0.2, 0.25) is 0 Å². The summed E-state index contributed by atoms with van der Waals surface area (Å²) in [5.74, 6) is 1.12. The van der Waals surface area contributed by atoms with Crippen LogP contribution in [0, 0.1) is 6.92 Å². The lowest BCUT2D eigenvalue weighted by Gasteiger charge is -2.25. The molecule has 2 atom stereocenters. The summed E-state index contributed by atoms with van der Waals surface area (Å²) < 4.78 is 12.7. The van der Waals surface area contributed by atoms with E-state index in [1.807, 2.05) is 25.1 Å². The van der Waals surface area contributed by atoms with Gasteiger partial charge in [0.15, 0.2) is 0 Å². The molecular formula is C18H21NOS. The van der Waals surface area contributed by atoms with E-state index in [0.717, 1.165) is 29.0 Å². The molecule has 0 aliphatic heterocycles. The fraction of sp³-hybridized carbons (Fsp3) is 0.333. The van der Waals surface area contributed by atoms with Gasteiger partial charge in [-0.25, -0.2) is 0 Å². The topological polar surface area (TPSA) is 43.1 Å². The molecule has 2 nitrogen and oxygen atoms in total. The quantitative estimate of drug-likeness (QED) is 0.876. The monoisotopic (exact) mass is 299 g/mol. The van der Waals surface area contributed by atoms with Gasteiger partial charge in [-0.1, -0.05) is 24.3 Å². The Bertz CT molecular complexity index is 681. The molecule has 1 aliphatic carbocycles. The van der Waals surface area contributed by atoms with E-state index in [4.69, 9.17) is 5.73 Å². The van der Waals surface area contributed by atoms with Crippen LogP contribution in [0.4, 0.5) is 5.69 Å². The third-order valence-electron chi connectivity index (χ3n) is 4.29. The number of aryl methyl sites for hydroxylation is 2. The number of rotatable bonds is 3. The summed E-state index contributed by atoms with van der Waals surface area (Å²) in [7, 11) is -0.964. The Morgan fingerprint density at radius 3 is 2.86 bits per heavy atom. The molecule has 2 unspecified atom stereocenters. The molecule has 110 valence electrons. The van der Waals surface area contributed by atoms with Gasteiger partial charge in [0.25, 0.3) is 0 Å². The summed E-state index contributed by atoms with van der Waals surface area (Å²) in [6.45, 7) is 1.98. The van der Waals surface area contributed by atoms with Crippen molar-refractivity contribution in [3.63, 3.8) is 0 Å². The molecule has 2 aromatic carbocycles. The van der Waals surface area contributed by atoms with E-state index in [1.165, 1.54) is 17.5 Å². The van der Waals surface area contributed by atoms with Gasteiger partial charge >= 0.3 is 0 Å². The first-order valence-corrected chi connectivity index (χ1v) is 8.79. The first kappa shape index (κ1) is 14.3. The molecular weight excluding hydrogens is 278 g/mol. The molecule has 1 aliphatic rings. The van der Waals surface area contributed by atoms with E-state index in [1.54, 1.807) is 0 Å². The Labute approximate surface area is 128 Å². The SMILES string of the molecule is Cc1cc(N)ccc1S(=O)CC1CCCc2ccccc21. The average molecular weight is 299 g/mol. The Kier molecular flexibility index (Phi) is 4.11. The zero-order valence-electron chi connectivity index (χ0n) is 12.3. The molecule has 0 saturated carbocycles. The number of benzene rings is 2. The highest BCUT2D eigenvalue weighted by atomic mass is 32.2. The summed E-state index contributed by atoms with van der Waals surface area (Å²) in [4.78, 5) is 0.923. The predicted molar refractivity (Wildman–Crippen MR) is 89.0 cm³/mol. The Morgan fingerprint density at radius 2 is 2.05 bits per heavy atom. The van der Waals surface area contributed by atoms with Crippen molar-refractivity contribution in [1.82, 2.24) is 0 Å². The largest absolute Gasteiger partial charge is 0.399 e. The second kappa shape index (κ2) is 6.02. The van der Waals surface area contributed by atoms with Gasteiger partial charge in [0, 0.05) is 16.3 Å². The van der Waals surface area contributed by atoms with E-state index < -0.39 is 10.8 Å². The lowest BCUT2D eigenvalue weighted by atomic mass is 9.84. The first-order valence-electron chi connectivity index (χ1n) is 7.47. The van der Waals surface area contributed by atoms with Gasteiger partial charge in [-0.2, -0.15) is 0 Å². The normalized spacial score (nSPS) is 19.0. The smallest absolute Gasteiger partial charge is 0.0538 e. The number of fused-ring (bicyclic) bond motifs is 1. The van der Waals surface area contributed by atoms with Gasteiger partial charge in [0.1, 0.15) is 0 Å². The van der Waals surface area contributed by atoms with Crippen LogP contribution in [-0.4, -0.2) is 9.96 Å². The summed E-state index contributed by atoms with van der Waals surface area (Å²) in [5, 5.41) is 0. The maximum Gasteiger partial charge on any atom is 0.0538 e. The van der Waals surface area contributed by atoms with Crippen molar-refractivity contribution in [2.75, 3.05) is 11.5 Å². The molecule has 21 heavy (non-hydrogen) atoms. The number of anilines is 1. The van der Waals surface area contributed by atoms with Gasteiger partial charge < -0.3 is 5.73 Å². The third-order valence-corrected chi connectivity index (χ3v) is 5.94. The number of nitrogen functional groups attached to an aromatic ring is 1. The van der Waals surface area contributed by atoms with Crippen LogP contribution in [-0.2, 0) is 17.2 Å². The average Bonchev–Trinajstić information content (AvgIpc) is 2.47. The summed E-state index contributed by atoms with van der Waals surface area (Å²) >= 11 is 0. The van der Waals surface area contributed by atoms with Gasteiger partial charge in [0.05, 0.1) is 10.8 Å². The van der Waals surface area contributed by atoms with E-state index in [0.29, 0.717) is 11.7 Å². The number of hydrogen-bond donors (Lipinski definition) is 1.